The third-order valence-electron chi connectivity index (χ3n) is 3.08. The molecule has 0 bridgehead atoms. The number of nitrogens with one attached hydrogen (secondary N) is 2. The number of hydrogen-bond acceptors (Lipinski definition) is 3. The number of carboxylic acid groups (broad SMARTS) is 1. The number of anilines is 1. The summed E-state index contributed by atoms with van der Waals surface area (Å²) < 4.78 is 0. The first kappa shape index (κ1) is 14.1. The van der Waals surface area contributed by atoms with E-state index in [4.69, 9.17) is 16.7 Å². The number of carbonyl (C=O) groups excluding carboxylic acids is 1. The van der Waals surface area contributed by atoms with E-state index in [0.29, 0.717) is 21.6 Å². The molecule has 0 aliphatic carbocycles. The molecule has 22 heavy (non-hydrogen) atoms. The van der Waals surface area contributed by atoms with Crippen LogP contribution in [0.1, 0.15) is 20.7 Å². The van der Waals surface area contributed by atoms with Crippen molar-refractivity contribution in [1.82, 2.24) is 9.97 Å². The molecule has 2 aromatic carbocycles. The van der Waals surface area contributed by atoms with Crippen molar-refractivity contribution in [2.75, 3.05) is 5.32 Å². The lowest BCUT2D eigenvalue weighted by Crippen LogP contribution is -2.12. The highest BCUT2D eigenvalue weighted by Crippen LogP contribution is 2.19. The maximum absolute atomic E-state index is 12.1. The minimum Gasteiger partial charge on any atom is -0.478 e. The number of nitrogens with zero attached hydrogens (tertiary/aromatic N) is 1. The summed E-state index contributed by atoms with van der Waals surface area (Å²) >= 11 is 5.77. The van der Waals surface area contributed by atoms with Crippen LogP contribution in [0, 0.1) is 0 Å². The number of H-pyrrole nitrogens is 1. The summed E-state index contributed by atoms with van der Waals surface area (Å²) in [5.41, 5.74) is 1.32. The predicted molar refractivity (Wildman–Crippen MR) is 82.5 cm³/mol. The van der Waals surface area contributed by atoms with Gasteiger partial charge >= 0.3 is 5.97 Å². The summed E-state index contributed by atoms with van der Waals surface area (Å²) in [7, 11) is 0. The molecule has 3 rings (SSSR count). The SMILES string of the molecule is O=C(Nc1nc2c(C(=O)O)cccc2[nH]1)c1ccc(Cl)cc1. The summed E-state index contributed by atoms with van der Waals surface area (Å²) in [6, 6.07) is 11.1. The van der Waals surface area contributed by atoms with E-state index in [0.717, 1.165) is 0 Å². The number of imidazole rings is 1. The Balaban J connectivity index is 1.91. The standard InChI is InChI=1S/C15H10ClN3O3/c16-9-6-4-8(5-7-9)13(20)19-15-17-11-3-1-2-10(14(21)22)12(11)18-15/h1-7H,(H,21,22)(H2,17,18,19,20). The van der Waals surface area contributed by atoms with Gasteiger partial charge in [-0.2, -0.15) is 0 Å². The first-order valence-corrected chi connectivity index (χ1v) is 6.71. The van der Waals surface area contributed by atoms with Crippen LogP contribution in [0.4, 0.5) is 5.95 Å². The normalized spacial score (nSPS) is 10.6. The van der Waals surface area contributed by atoms with E-state index in [1.807, 2.05) is 0 Å². The number of amides is 1. The third kappa shape index (κ3) is 2.64. The second-order valence-corrected chi connectivity index (χ2v) is 4.99. The zero-order chi connectivity index (χ0) is 15.7. The monoisotopic (exact) mass is 315 g/mol. The number of fused-ring (bicyclic) bond motifs is 1. The molecule has 0 radical (unpaired) electrons. The van der Waals surface area contributed by atoms with Crippen molar-refractivity contribution >= 4 is 40.5 Å². The molecule has 0 saturated carbocycles. The molecule has 0 saturated heterocycles. The molecular weight excluding hydrogens is 306 g/mol. The Morgan fingerprint density at radius 2 is 1.86 bits per heavy atom. The Labute approximate surface area is 129 Å². The summed E-state index contributed by atoms with van der Waals surface area (Å²) in [4.78, 5) is 30.2. The first-order valence-electron chi connectivity index (χ1n) is 6.33. The molecule has 7 heteroatoms. The van der Waals surface area contributed by atoms with Crippen LogP contribution in [0.5, 0.6) is 0 Å². The number of aromatic amines is 1. The van der Waals surface area contributed by atoms with Gasteiger partial charge in [0.1, 0.15) is 5.52 Å². The second kappa shape index (κ2) is 5.50. The highest BCUT2D eigenvalue weighted by molar-refractivity contribution is 6.30. The van der Waals surface area contributed by atoms with Gasteiger partial charge in [0.15, 0.2) is 0 Å². The van der Waals surface area contributed by atoms with E-state index < -0.39 is 5.97 Å². The lowest BCUT2D eigenvalue weighted by Gasteiger charge is -2.01. The average Bonchev–Trinajstić information content (AvgIpc) is 2.89. The van der Waals surface area contributed by atoms with Gasteiger partial charge in [0.25, 0.3) is 5.91 Å². The number of rotatable bonds is 3. The highest BCUT2D eigenvalue weighted by Gasteiger charge is 2.14. The van der Waals surface area contributed by atoms with E-state index in [1.54, 1.807) is 36.4 Å². The Hall–Kier alpha value is -2.86. The maximum Gasteiger partial charge on any atom is 0.337 e. The van der Waals surface area contributed by atoms with E-state index in [-0.39, 0.29) is 17.4 Å². The lowest BCUT2D eigenvalue weighted by molar-refractivity contribution is 0.0698. The molecule has 6 nitrogen and oxygen atoms in total. The molecule has 0 unspecified atom stereocenters. The summed E-state index contributed by atoms with van der Waals surface area (Å²) in [6.45, 7) is 0. The fourth-order valence-corrected chi connectivity index (χ4v) is 2.17. The Morgan fingerprint density at radius 1 is 1.14 bits per heavy atom. The number of aromatic carboxylic acids is 1. The van der Waals surface area contributed by atoms with Crippen LogP contribution in [0.2, 0.25) is 5.02 Å². The summed E-state index contributed by atoms with van der Waals surface area (Å²) in [5, 5.41) is 12.2. The first-order chi connectivity index (χ1) is 10.5. The van der Waals surface area contributed by atoms with Crippen LogP contribution in [0.25, 0.3) is 11.0 Å². The van der Waals surface area contributed by atoms with Crippen LogP contribution in [0.15, 0.2) is 42.5 Å². The molecule has 0 aliphatic heterocycles. The maximum atomic E-state index is 12.1. The van der Waals surface area contributed by atoms with Crippen molar-refractivity contribution in [1.29, 1.82) is 0 Å². The molecular formula is C15H10ClN3O3. The fraction of sp³-hybridized carbons (Fsp3) is 0. The number of para-hydroxylation sites is 1. The minimum atomic E-state index is -1.08. The molecule has 0 atom stereocenters. The van der Waals surface area contributed by atoms with Gasteiger partial charge in [-0.15, -0.1) is 0 Å². The van der Waals surface area contributed by atoms with Crippen LogP contribution in [-0.4, -0.2) is 27.0 Å². The zero-order valence-corrected chi connectivity index (χ0v) is 11.9. The molecule has 0 aliphatic rings. The molecule has 3 N–H and O–H groups in total. The summed E-state index contributed by atoms with van der Waals surface area (Å²) in [6.07, 6.45) is 0. The molecule has 0 fully saturated rings. The Morgan fingerprint density at radius 3 is 2.55 bits per heavy atom. The van der Waals surface area contributed by atoms with Crippen molar-refractivity contribution in [3.8, 4) is 0 Å². The number of hydrogen-bond donors (Lipinski definition) is 3. The third-order valence-corrected chi connectivity index (χ3v) is 3.33. The van der Waals surface area contributed by atoms with Crippen molar-refractivity contribution in [3.63, 3.8) is 0 Å². The quantitative estimate of drug-likeness (QED) is 0.691. The van der Waals surface area contributed by atoms with Gasteiger partial charge in [0.2, 0.25) is 5.95 Å². The van der Waals surface area contributed by atoms with Crippen LogP contribution < -0.4 is 5.32 Å². The van der Waals surface area contributed by atoms with Crippen LogP contribution in [0.3, 0.4) is 0 Å². The van der Waals surface area contributed by atoms with Gasteiger partial charge in [-0.3, -0.25) is 10.1 Å². The van der Waals surface area contributed by atoms with Crippen molar-refractivity contribution in [2.45, 2.75) is 0 Å². The number of carboxylic acids is 1. The second-order valence-electron chi connectivity index (χ2n) is 4.55. The molecule has 110 valence electrons. The predicted octanol–water partition coefficient (Wildman–Crippen LogP) is 3.17. The molecule has 1 amide bonds. The van der Waals surface area contributed by atoms with E-state index in [9.17, 15) is 9.59 Å². The molecule has 3 aromatic rings. The van der Waals surface area contributed by atoms with Crippen molar-refractivity contribution < 1.29 is 14.7 Å². The van der Waals surface area contributed by atoms with Crippen LogP contribution in [-0.2, 0) is 0 Å². The number of aromatic nitrogens is 2. The number of benzene rings is 2. The van der Waals surface area contributed by atoms with Gasteiger partial charge in [0, 0.05) is 10.6 Å². The lowest BCUT2D eigenvalue weighted by atomic mass is 10.2. The largest absolute Gasteiger partial charge is 0.478 e. The number of carbonyl (C=O) groups is 2. The topological polar surface area (TPSA) is 95.1 Å². The highest BCUT2D eigenvalue weighted by atomic mass is 35.5. The Kier molecular flexibility index (Phi) is 3.52. The van der Waals surface area contributed by atoms with Gasteiger partial charge in [0.05, 0.1) is 11.1 Å². The van der Waals surface area contributed by atoms with E-state index in [1.165, 1.54) is 6.07 Å². The van der Waals surface area contributed by atoms with Crippen molar-refractivity contribution in [2.24, 2.45) is 0 Å². The smallest absolute Gasteiger partial charge is 0.337 e. The number of halogens is 1. The molecule has 1 aromatic heterocycles. The molecule has 1 heterocycles. The van der Waals surface area contributed by atoms with Gasteiger partial charge in [-0.05, 0) is 36.4 Å². The zero-order valence-electron chi connectivity index (χ0n) is 11.1. The van der Waals surface area contributed by atoms with Crippen LogP contribution >= 0.6 is 11.6 Å². The van der Waals surface area contributed by atoms with Crippen molar-refractivity contribution in [3.05, 3.63) is 58.6 Å². The molecule has 0 spiro atoms. The van der Waals surface area contributed by atoms with Gasteiger partial charge in [-0.1, -0.05) is 17.7 Å². The fourth-order valence-electron chi connectivity index (χ4n) is 2.04. The summed E-state index contributed by atoms with van der Waals surface area (Å²) in [5.74, 6) is -1.26. The van der Waals surface area contributed by atoms with Gasteiger partial charge < -0.3 is 10.1 Å². The van der Waals surface area contributed by atoms with E-state index >= 15 is 0 Å². The van der Waals surface area contributed by atoms with E-state index in [2.05, 4.69) is 15.3 Å². The average molecular weight is 316 g/mol. The minimum absolute atomic E-state index is 0.0701. The van der Waals surface area contributed by atoms with Gasteiger partial charge in [-0.25, -0.2) is 9.78 Å². The Bertz CT molecular complexity index is 871.